The van der Waals surface area contributed by atoms with Gasteiger partial charge in [-0.2, -0.15) is 0 Å². The summed E-state index contributed by atoms with van der Waals surface area (Å²) < 4.78 is 24.5. The molecule has 35 heavy (non-hydrogen) atoms. The van der Waals surface area contributed by atoms with Gasteiger partial charge in [-0.15, -0.1) is 0 Å². The van der Waals surface area contributed by atoms with Gasteiger partial charge in [0.1, 0.15) is 23.9 Å². The van der Waals surface area contributed by atoms with Gasteiger partial charge in [-0.25, -0.2) is 4.39 Å². The van der Waals surface area contributed by atoms with Crippen molar-refractivity contribution in [2.75, 3.05) is 17.7 Å². The summed E-state index contributed by atoms with van der Waals surface area (Å²) in [6.45, 7) is 0.433. The minimum Gasteiger partial charge on any atom is -0.495 e. The minimum absolute atomic E-state index is 0.163. The third kappa shape index (κ3) is 6.23. The zero-order chi connectivity index (χ0) is 24.6. The Morgan fingerprint density at radius 1 is 0.771 bits per heavy atom. The number of hydrogen-bond acceptors (Lipinski definition) is 4. The summed E-state index contributed by atoms with van der Waals surface area (Å²) in [5.41, 5.74) is 2.45. The fourth-order valence-electron chi connectivity index (χ4n) is 3.35. The Balaban J connectivity index is 1.42. The minimum atomic E-state index is -0.512. The lowest BCUT2D eigenvalue weighted by Gasteiger charge is -2.13. The first-order valence-corrected chi connectivity index (χ1v) is 10.8. The first-order valence-electron chi connectivity index (χ1n) is 10.8. The van der Waals surface area contributed by atoms with E-state index in [1.807, 2.05) is 30.3 Å². The van der Waals surface area contributed by atoms with E-state index in [0.29, 0.717) is 35.0 Å². The maximum absolute atomic E-state index is 13.5. The SMILES string of the molecule is COc1ccc(NC(=O)c2ccc(OCc3ccccc3)cc2)cc1NC(=O)c1cccc(F)c1. The maximum atomic E-state index is 13.5. The molecule has 0 aliphatic carbocycles. The lowest BCUT2D eigenvalue weighted by atomic mass is 10.1. The highest BCUT2D eigenvalue weighted by Crippen LogP contribution is 2.29. The second-order valence-corrected chi connectivity index (χ2v) is 7.63. The summed E-state index contributed by atoms with van der Waals surface area (Å²) in [5, 5.41) is 5.50. The second-order valence-electron chi connectivity index (χ2n) is 7.63. The van der Waals surface area contributed by atoms with Crippen molar-refractivity contribution in [2.45, 2.75) is 6.61 Å². The van der Waals surface area contributed by atoms with Crippen LogP contribution in [0.1, 0.15) is 26.3 Å². The molecule has 0 unspecified atom stereocenters. The molecule has 0 spiro atoms. The van der Waals surface area contributed by atoms with Crippen molar-refractivity contribution >= 4 is 23.2 Å². The van der Waals surface area contributed by atoms with E-state index in [1.54, 1.807) is 42.5 Å². The number of carbonyl (C=O) groups is 2. The van der Waals surface area contributed by atoms with E-state index < -0.39 is 11.7 Å². The molecule has 0 saturated carbocycles. The van der Waals surface area contributed by atoms with E-state index in [4.69, 9.17) is 9.47 Å². The van der Waals surface area contributed by atoms with E-state index in [-0.39, 0.29) is 11.5 Å². The number of halogens is 1. The number of rotatable bonds is 8. The maximum Gasteiger partial charge on any atom is 0.255 e. The molecular formula is C28H23FN2O4. The third-order valence-corrected chi connectivity index (χ3v) is 5.16. The van der Waals surface area contributed by atoms with Crippen molar-refractivity contribution in [2.24, 2.45) is 0 Å². The Bertz CT molecular complexity index is 1320. The molecule has 0 aliphatic rings. The van der Waals surface area contributed by atoms with Gasteiger partial charge < -0.3 is 20.1 Å². The van der Waals surface area contributed by atoms with Gasteiger partial charge in [-0.05, 0) is 66.2 Å². The lowest BCUT2D eigenvalue weighted by Crippen LogP contribution is -2.15. The molecule has 7 heteroatoms. The summed E-state index contributed by atoms with van der Waals surface area (Å²) in [4.78, 5) is 25.3. The van der Waals surface area contributed by atoms with Gasteiger partial charge in [0.2, 0.25) is 0 Å². The monoisotopic (exact) mass is 470 g/mol. The van der Waals surface area contributed by atoms with Gasteiger partial charge >= 0.3 is 0 Å². The van der Waals surface area contributed by atoms with Crippen LogP contribution in [0.25, 0.3) is 0 Å². The number of carbonyl (C=O) groups excluding carboxylic acids is 2. The largest absolute Gasteiger partial charge is 0.495 e. The number of amides is 2. The van der Waals surface area contributed by atoms with Gasteiger partial charge in [-0.1, -0.05) is 36.4 Å². The number of hydrogen-bond donors (Lipinski definition) is 2. The highest BCUT2D eigenvalue weighted by Gasteiger charge is 2.13. The number of benzene rings is 4. The average molecular weight is 471 g/mol. The molecule has 2 amide bonds. The van der Waals surface area contributed by atoms with Crippen molar-refractivity contribution in [1.29, 1.82) is 0 Å². The Labute approximate surface area is 202 Å². The predicted molar refractivity (Wildman–Crippen MR) is 133 cm³/mol. The Hall–Kier alpha value is -4.65. The van der Waals surface area contributed by atoms with E-state index in [0.717, 1.165) is 11.6 Å². The molecule has 0 radical (unpaired) electrons. The number of nitrogens with one attached hydrogen (secondary N) is 2. The molecule has 0 atom stereocenters. The van der Waals surface area contributed by atoms with Gasteiger partial charge in [0.15, 0.2) is 0 Å². The van der Waals surface area contributed by atoms with E-state index in [1.165, 1.54) is 25.3 Å². The molecule has 0 aromatic heterocycles. The van der Waals surface area contributed by atoms with Crippen LogP contribution in [0.15, 0.2) is 97.1 Å². The molecule has 4 aromatic rings. The Morgan fingerprint density at radius 2 is 1.51 bits per heavy atom. The fourth-order valence-corrected chi connectivity index (χ4v) is 3.35. The van der Waals surface area contributed by atoms with Crippen LogP contribution < -0.4 is 20.1 Å². The lowest BCUT2D eigenvalue weighted by molar-refractivity contribution is 0.101. The van der Waals surface area contributed by atoms with Gasteiger partial charge in [0.25, 0.3) is 11.8 Å². The van der Waals surface area contributed by atoms with Gasteiger partial charge in [0, 0.05) is 16.8 Å². The summed E-state index contributed by atoms with van der Waals surface area (Å²) in [6, 6.07) is 26.8. The smallest absolute Gasteiger partial charge is 0.255 e. The summed E-state index contributed by atoms with van der Waals surface area (Å²) in [5.74, 6) is -0.295. The van der Waals surface area contributed by atoms with Crippen LogP contribution in [0.4, 0.5) is 15.8 Å². The topological polar surface area (TPSA) is 76.7 Å². The van der Waals surface area contributed by atoms with Crippen LogP contribution in [0, 0.1) is 5.82 Å². The third-order valence-electron chi connectivity index (χ3n) is 5.16. The molecule has 0 aliphatic heterocycles. The normalized spacial score (nSPS) is 10.3. The van der Waals surface area contributed by atoms with E-state index >= 15 is 0 Å². The zero-order valence-corrected chi connectivity index (χ0v) is 19.0. The molecular weight excluding hydrogens is 447 g/mol. The molecule has 6 nitrogen and oxygen atoms in total. The molecule has 2 N–H and O–H groups in total. The number of methoxy groups -OCH3 is 1. The molecule has 0 fully saturated rings. The quantitative estimate of drug-likeness (QED) is 0.335. The average Bonchev–Trinajstić information content (AvgIpc) is 2.88. The van der Waals surface area contributed by atoms with Crippen LogP contribution in [0.2, 0.25) is 0 Å². The van der Waals surface area contributed by atoms with Crippen molar-refractivity contribution in [3.8, 4) is 11.5 Å². The van der Waals surface area contributed by atoms with Crippen molar-refractivity contribution < 1.29 is 23.5 Å². The summed E-state index contributed by atoms with van der Waals surface area (Å²) in [6.07, 6.45) is 0. The highest BCUT2D eigenvalue weighted by atomic mass is 19.1. The van der Waals surface area contributed by atoms with Crippen LogP contribution in [0.3, 0.4) is 0 Å². The Morgan fingerprint density at radius 3 is 2.23 bits per heavy atom. The standard InChI is InChI=1S/C28H23FN2O4/c1-34-26-15-12-23(17-25(26)31-28(33)21-8-5-9-22(29)16-21)30-27(32)20-10-13-24(14-11-20)35-18-19-6-3-2-4-7-19/h2-17H,18H2,1H3,(H,30,32)(H,31,33). The molecule has 4 aromatic carbocycles. The van der Waals surface area contributed by atoms with E-state index in [2.05, 4.69) is 10.6 Å². The van der Waals surface area contributed by atoms with Crippen LogP contribution >= 0.6 is 0 Å². The summed E-state index contributed by atoms with van der Waals surface area (Å²) in [7, 11) is 1.47. The van der Waals surface area contributed by atoms with Crippen molar-refractivity contribution in [3.63, 3.8) is 0 Å². The van der Waals surface area contributed by atoms with Gasteiger partial charge in [0.05, 0.1) is 12.8 Å². The Kier molecular flexibility index (Phi) is 7.37. The van der Waals surface area contributed by atoms with Crippen LogP contribution in [-0.4, -0.2) is 18.9 Å². The molecule has 0 heterocycles. The summed E-state index contributed by atoms with van der Waals surface area (Å²) >= 11 is 0. The number of ether oxygens (including phenoxy) is 2. The van der Waals surface area contributed by atoms with Gasteiger partial charge in [-0.3, -0.25) is 9.59 Å². The predicted octanol–water partition coefficient (Wildman–Crippen LogP) is 5.92. The first kappa shape index (κ1) is 23.5. The molecule has 4 rings (SSSR count). The molecule has 0 bridgehead atoms. The van der Waals surface area contributed by atoms with Crippen LogP contribution in [0.5, 0.6) is 11.5 Å². The number of anilines is 2. The first-order chi connectivity index (χ1) is 17.0. The fraction of sp³-hybridized carbons (Fsp3) is 0.0714. The van der Waals surface area contributed by atoms with Crippen molar-refractivity contribution in [1.82, 2.24) is 0 Å². The zero-order valence-electron chi connectivity index (χ0n) is 19.0. The molecule has 0 saturated heterocycles. The van der Waals surface area contributed by atoms with Crippen molar-refractivity contribution in [3.05, 3.63) is 120 Å². The highest BCUT2D eigenvalue weighted by molar-refractivity contribution is 6.07. The van der Waals surface area contributed by atoms with E-state index in [9.17, 15) is 14.0 Å². The second kappa shape index (κ2) is 11.0. The molecule has 176 valence electrons. The van der Waals surface area contributed by atoms with Crippen LogP contribution in [-0.2, 0) is 6.61 Å².